The van der Waals surface area contributed by atoms with Crippen LogP contribution in [-0.4, -0.2) is 37.2 Å². The van der Waals surface area contributed by atoms with Gasteiger partial charge in [-0.1, -0.05) is 228 Å². The van der Waals surface area contributed by atoms with Crippen LogP contribution in [0.4, 0.5) is 0 Å². The number of rotatable bonds is 48. The van der Waals surface area contributed by atoms with Gasteiger partial charge in [0.1, 0.15) is 13.2 Å². The van der Waals surface area contributed by atoms with Crippen LogP contribution in [0.5, 0.6) is 0 Å². The summed E-state index contributed by atoms with van der Waals surface area (Å²) in [5.74, 6) is -0.907. The Hall–Kier alpha value is -3.41. The Balaban J connectivity index is 4.18. The number of hydrogen-bond donors (Lipinski definition) is 0. The van der Waals surface area contributed by atoms with Gasteiger partial charge in [-0.2, -0.15) is 0 Å². The van der Waals surface area contributed by atoms with E-state index in [1.807, 2.05) is 0 Å². The fourth-order valence-electron chi connectivity index (χ4n) is 7.39. The Morgan fingerprint density at radius 3 is 0.938 bits per heavy atom. The molecule has 0 aliphatic heterocycles. The van der Waals surface area contributed by atoms with Crippen molar-refractivity contribution in [2.75, 3.05) is 13.2 Å². The van der Waals surface area contributed by atoms with Crippen molar-refractivity contribution in [2.24, 2.45) is 0 Å². The number of hydrogen-bond acceptors (Lipinski definition) is 6. The van der Waals surface area contributed by atoms with E-state index in [0.717, 1.165) is 122 Å². The summed E-state index contributed by atoms with van der Waals surface area (Å²) in [6, 6.07) is 0. The molecular weight excluding hydrogens is 805 g/mol. The molecule has 6 heteroatoms. The van der Waals surface area contributed by atoms with Gasteiger partial charge in [0.2, 0.25) is 0 Å². The van der Waals surface area contributed by atoms with Crippen LogP contribution in [0.2, 0.25) is 0 Å². The molecule has 0 heterocycles. The summed E-state index contributed by atoms with van der Waals surface area (Å²) in [5.41, 5.74) is 0. The second-order valence-electron chi connectivity index (χ2n) is 17.7. The molecule has 6 nitrogen and oxygen atoms in total. The monoisotopic (exact) mass is 905 g/mol. The number of ether oxygens (including phenoxy) is 3. The number of unbranched alkanes of at least 4 members (excludes halogenated alkanes) is 23. The Labute approximate surface area is 401 Å². The lowest BCUT2D eigenvalue weighted by atomic mass is 10.0. The molecule has 0 saturated carbocycles. The van der Waals surface area contributed by atoms with Crippen molar-refractivity contribution in [3.8, 4) is 0 Å². The van der Waals surface area contributed by atoms with Crippen molar-refractivity contribution in [3.63, 3.8) is 0 Å². The highest BCUT2D eigenvalue weighted by Gasteiger charge is 2.19. The lowest BCUT2D eigenvalue weighted by molar-refractivity contribution is -0.167. The average Bonchev–Trinajstić information content (AvgIpc) is 3.30. The van der Waals surface area contributed by atoms with Crippen molar-refractivity contribution >= 4 is 17.9 Å². The zero-order valence-corrected chi connectivity index (χ0v) is 42.5. The fourth-order valence-corrected chi connectivity index (χ4v) is 7.39. The Kier molecular flexibility index (Phi) is 50.4. The zero-order valence-electron chi connectivity index (χ0n) is 42.5. The molecule has 0 aromatic carbocycles. The summed E-state index contributed by atoms with van der Waals surface area (Å²) < 4.78 is 16.7. The summed E-state index contributed by atoms with van der Waals surface area (Å²) >= 11 is 0. The maximum absolute atomic E-state index is 12.8. The van der Waals surface area contributed by atoms with E-state index in [4.69, 9.17) is 14.2 Å². The third-order valence-electron chi connectivity index (χ3n) is 11.4. The first kappa shape index (κ1) is 61.6. The van der Waals surface area contributed by atoms with Crippen LogP contribution in [-0.2, 0) is 28.6 Å². The predicted octanol–water partition coefficient (Wildman–Crippen LogP) is 18.0. The van der Waals surface area contributed by atoms with Crippen LogP contribution < -0.4 is 0 Å². The summed E-state index contributed by atoms with van der Waals surface area (Å²) in [6.45, 7) is 6.36. The van der Waals surface area contributed by atoms with Crippen LogP contribution in [0.3, 0.4) is 0 Å². The molecule has 0 radical (unpaired) electrons. The van der Waals surface area contributed by atoms with Crippen LogP contribution in [0.1, 0.15) is 252 Å². The van der Waals surface area contributed by atoms with Crippen LogP contribution in [0.15, 0.2) is 85.1 Å². The largest absolute Gasteiger partial charge is 0.462 e. The summed E-state index contributed by atoms with van der Waals surface area (Å²) in [6.07, 6.45) is 68.8. The van der Waals surface area contributed by atoms with E-state index in [1.54, 1.807) is 0 Å². The van der Waals surface area contributed by atoms with Gasteiger partial charge >= 0.3 is 17.9 Å². The molecule has 0 N–H and O–H groups in total. The van der Waals surface area contributed by atoms with Crippen LogP contribution in [0, 0.1) is 0 Å². The number of allylic oxidation sites excluding steroid dienone is 14. The van der Waals surface area contributed by atoms with Gasteiger partial charge in [-0.25, -0.2) is 0 Å². The van der Waals surface area contributed by atoms with E-state index < -0.39 is 6.10 Å². The molecule has 0 aromatic heterocycles. The highest BCUT2D eigenvalue weighted by atomic mass is 16.6. The number of carbonyl (C=O) groups is 3. The summed E-state index contributed by atoms with van der Waals surface area (Å²) in [5, 5.41) is 0. The van der Waals surface area contributed by atoms with Crippen LogP contribution >= 0.6 is 0 Å². The molecule has 1 unspecified atom stereocenters. The smallest absolute Gasteiger partial charge is 0.306 e. The first-order valence-electron chi connectivity index (χ1n) is 27.1. The lowest BCUT2D eigenvalue weighted by Gasteiger charge is -2.18. The van der Waals surface area contributed by atoms with Gasteiger partial charge in [0.15, 0.2) is 6.10 Å². The maximum atomic E-state index is 12.8. The van der Waals surface area contributed by atoms with Crippen molar-refractivity contribution < 1.29 is 28.6 Å². The molecule has 0 amide bonds. The lowest BCUT2D eigenvalue weighted by Crippen LogP contribution is -2.30. The highest BCUT2D eigenvalue weighted by molar-refractivity contribution is 5.71. The third-order valence-corrected chi connectivity index (χ3v) is 11.4. The number of esters is 3. The van der Waals surface area contributed by atoms with Crippen LogP contribution in [0.25, 0.3) is 0 Å². The molecule has 0 aliphatic rings. The molecule has 0 aliphatic carbocycles. The molecule has 0 fully saturated rings. The van der Waals surface area contributed by atoms with Crippen molar-refractivity contribution in [1.82, 2.24) is 0 Å². The van der Waals surface area contributed by atoms with Gasteiger partial charge in [-0.05, 0) is 89.9 Å². The molecule has 0 bridgehead atoms. The first-order chi connectivity index (χ1) is 32.0. The van der Waals surface area contributed by atoms with E-state index in [-0.39, 0.29) is 31.1 Å². The van der Waals surface area contributed by atoms with Gasteiger partial charge in [0, 0.05) is 19.3 Å². The van der Waals surface area contributed by atoms with Crippen molar-refractivity contribution in [1.29, 1.82) is 0 Å². The molecule has 0 spiro atoms. The normalized spacial score (nSPS) is 12.7. The van der Waals surface area contributed by atoms with Gasteiger partial charge in [0.05, 0.1) is 0 Å². The third kappa shape index (κ3) is 51.4. The standard InChI is InChI=1S/C59H100O6/c1-4-7-10-13-16-18-20-22-24-25-26-27-28-29-30-31-32-33-35-36-38-40-43-46-49-52-58(61)64-55-56(54-63-57(60)51-48-45-42-15-12-9-6-3)65-59(62)53-50-47-44-41-39-37-34-23-21-19-17-14-11-8-5-2/h7-8,10-11,16-19,22-24,26-27,34,56H,4-6,9,12-15,20-21,25,28-33,35-55H2,1-3H3/b10-7-,11-8-,18-16-,19-17-,24-22-,27-26-,34-23-. The van der Waals surface area contributed by atoms with E-state index >= 15 is 0 Å². The summed E-state index contributed by atoms with van der Waals surface area (Å²) in [4.78, 5) is 37.9. The zero-order chi connectivity index (χ0) is 47.2. The second-order valence-corrected chi connectivity index (χ2v) is 17.7. The molecule has 0 saturated heterocycles. The molecule has 372 valence electrons. The predicted molar refractivity (Wildman–Crippen MR) is 279 cm³/mol. The second kappa shape index (κ2) is 53.2. The van der Waals surface area contributed by atoms with E-state index in [9.17, 15) is 14.4 Å². The fraction of sp³-hybridized carbons (Fsp3) is 0.712. The van der Waals surface area contributed by atoms with Gasteiger partial charge in [0.25, 0.3) is 0 Å². The van der Waals surface area contributed by atoms with Crippen molar-refractivity contribution in [3.05, 3.63) is 85.1 Å². The number of carbonyl (C=O) groups excluding carboxylic acids is 3. The van der Waals surface area contributed by atoms with Gasteiger partial charge < -0.3 is 14.2 Å². The Bertz CT molecular complexity index is 1270. The minimum absolute atomic E-state index is 0.0831. The van der Waals surface area contributed by atoms with Gasteiger partial charge in [-0.3, -0.25) is 14.4 Å². The highest BCUT2D eigenvalue weighted by Crippen LogP contribution is 2.15. The van der Waals surface area contributed by atoms with E-state index in [1.165, 1.54) is 89.9 Å². The minimum atomic E-state index is -0.782. The molecule has 65 heavy (non-hydrogen) atoms. The Morgan fingerprint density at radius 1 is 0.323 bits per heavy atom. The minimum Gasteiger partial charge on any atom is -0.462 e. The van der Waals surface area contributed by atoms with Crippen molar-refractivity contribution in [2.45, 2.75) is 258 Å². The molecule has 0 rings (SSSR count). The average molecular weight is 905 g/mol. The quantitative estimate of drug-likeness (QED) is 0.0262. The summed E-state index contributed by atoms with van der Waals surface area (Å²) in [7, 11) is 0. The molecule has 0 aromatic rings. The molecular formula is C59H100O6. The van der Waals surface area contributed by atoms with E-state index in [2.05, 4.69) is 106 Å². The van der Waals surface area contributed by atoms with E-state index in [0.29, 0.717) is 19.3 Å². The first-order valence-corrected chi connectivity index (χ1v) is 27.1. The Morgan fingerprint density at radius 2 is 0.600 bits per heavy atom. The SMILES string of the molecule is CC/C=C\C/C=C\C/C=C\C/C=C\CCCCCCCCCCCCCCC(=O)OCC(COC(=O)CCCCCCCCC)OC(=O)CCCCCCC/C=C\C/C=C\C/C=C\CC. The maximum Gasteiger partial charge on any atom is 0.306 e. The van der Waals surface area contributed by atoms with Gasteiger partial charge in [-0.15, -0.1) is 0 Å². The molecule has 1 atom stereocenters. The topological polar surface area (TPSA) is 78.9 Å².